The molecule has 1 unspecified atom stereocenters. The van der Waals surface area contributed by atoms with Gasteiger partial charge in [0, 0.05) is 0 Å². The van der Waals surface area contributed by atoms with Crippen molar-refractivity contribution in [3.8, 4) is 17.6 Å². The van der Waals surface area contributed by atoms with Crippen molar-refractivity contribution < 1.29 is 13.9 Å². The predicted molar refractivity (Wildman–Crippen MR) is 107 cm³/mol. The van der Waals surface area contributed by atoms with Crippen LogP contribution < -0.4 is 20.8 Å². The Balaban J connectivity index is 2.06. The smallest absolute Gasteiger partial charge is 0.344 e. The number of benzene rings is 2. The van der Waals surface area contributed by atoms with E-state index in [-0.39, 0.29) is 17.0 Å². The fourth-order valence-electron chi connectivity index (χ4n) is 3.43. The molecule has 6 nitrogen and oxygen atoms in total. The van der Waals surface area contributed by atoms with Crippen LogP contribution in [0.15, 0.2) is 61.5 Å². The molecule has 2 N–H and O–H groups in total. The van der Waals surface area contributed by atoms with Crippen LogP contribution in [0.4, 0.5) is 0 Å². The number of nitrogens with zero attached hydrogens (tertiary/aromatic N) is 1. The number of rotatable bonds is 2. The van der Waals surface area contributed by atoms with E-state index in [1.807, 2.05) is 19.1 Å². The van der Waals surface area contributed by atoms with E-state index >= 15 is 0 Å². The lowest BCUT2D eigenvalue weighted by molar-refractivity contribution is 0.388. The molecule has 0 radical (unpaired) electrons. The second kappa shape index (κ2) is 6.73. The molecule has 0 aliphatic carbocycles. The molecule has 0 amide bonds. The SMILES string of the molecule is COc1ccc(C2C(C#N)=C(N)Oc3c2c(=O)oc2ccc(C)cc32)cc1Br. The first kappa shape index (κ1) is 18.1. The van der Waals surface area contributed by atoms with Gasteiger partial charge in [0.2, 0.25) is 5.88 Å². The van der Waals surface area contributed by atoms with Gasteiger partial charge in [-0.1, -0.05) is 17.7 Å². The Morgan fingerprint density at radius 3 is 2.71 bits per heavy atom. The third-order valence-electron chi connectivity index (χ3n) is 4.73. The quantitative estimate of drug-likeness (QED) is 0.604. The lowest BCUT2D eigenvalue weighted by Crippen LogP contribution is -2.26. The van der Waals surface area contributed by atoms with Crippen LogP contribution in [0.3, 0.4) is 0 Å². The van der Waals surface area contributed by atoms with Crippen molar-refractivity contribution in [3.05, 3.63) is 79.4 Å². The minimum Gasteiger partial charge on any atom is -0.496 e. The normalized spacial score (nSPS) is 15.7. The summed E-state index contributed by atoms with van der Waals surface area (Å²) in [5.41, 5.74) is 7.98. The minimum absolute atomic E-state index is 0.0275. The van der Waals surface area contributed by atoms with Gasteiger partial charge in [-0.3, -0.25) is 0 Å². The largest absolute Gasteiger partial charge is 0.496 e. The van der Waals surface area contributed by atoms with E-state index in [1.54, 1.807) is 31.4 Å². The Kier molecular flexibility index (Phi) is 4.36. The number of halogens is 1. The molecule has 7 heteroatoms. The zero-order chi connectivity index (χ0) is 20.0. The number of nitriles is 1. The molecule has 0 fully saturated rings. The van der Waals surface area contributed by atoms with Gasteiger partial charge in [0.15, 0.2) is 5.75 Å². The first-order valence-electron chi connectivity index (χ1n) is 8.43. The topological polar surface area (TPSA) is 98.5 Å². The average molecular weight is 439 g/mol. The summed E-state index contributed by atoms with van der Waals surface area (Å²) >= 11 is 3.45. The van der Waals surface area contributed by atoms with Crippen molar-refractivity contribution in [1.82, 2.24) is 0 Å². The standard InChI is InChI=1S/C21H15BrN2O4/c1-10-3-5-15-12(7-10)19-18(21(25)27-15)17(13(9-23)20(24)28-19)11-4-6-16(26-2)14(22)8-11/h3-8,17H,24H2,1-2H3. The molecule has 0 saturated heterocycles. The monoisotopic (exact) mass is 438 g/mol. The zero-order valence-corrected chi connectivity index (χ0v) is 16.7. The lowest BCUT2D eigenvalue weighted by atomic mass is 9.84. The van der Waals surface area contributed by atoms with Crippen molar-refractivity contribution >= 4 is 26.9 Å². The molecule has 1 aromatic heterocycles. The number of ether oxygens (including phenoxy) is 2. The number of fused-ring (bicyclic) bond motifs is 3. The Hall–Kier alpha value is -3.24. The number of hydrogen-bond donors (Lipinski definition) is 1. The van der Waals surface area contributed by atoms with Gasteiger partial charge in [-0.15, -0.1) is 0 Å². The lowest BCUT2D eigenvalue weighted by Gasteiger charge is -2.26. The first-order valence-corrected chi connectivity index (χ1v) is 9.22. The van der Waals surface area contributed by atoms with Gasteiger partial charge in [-0.2, -0.15) is 5.26 Å². The fourth-order valence-corrected chi connectivity index (χ4v) is 3.99. The average Bonchev–Trinajstić information content (AvgIpc) is 2.67. The van der Waals surface area contributed by atoms with E-state index in [1.165, 1.54) is 0 Å². The second-order valence-electron chi connectivity index (χ2n) is 6.45. The third-order valence-corrected chi connectivity index (χ3v) is 5.35. The molecule has 0 saturated carbocycles. The van der Waals surface area contributed by atoms with Crippen molar-refractivity contribution in [2.45, 2.75) is 12.8 Å². The van der Waals surface area contributed by atoms with Gasteiger partial charge < -0.3 is 19.6 Å². The highest BCUT2D eigenvalue weighted by Gasteiger charge is 2.35. The maximum atomic E-state index is 12.9. The molecule has 1 aliphatic rings. The van der Waals surface area contributed by atoms with Crippen LogP contribution in [0.25, 0.3) is 11.0 Å². The molecule has 28 heavy (non-hydrogen) atoms. The second-order valence-corrected chi connectivity index (χ2v) is 7.31. The molecular formula is C21H15BrN2O4. The number of nitrogens with two attached hydrogens (primary N) is 1. The molecule has 0 bridgehead atoms. The maximum absolute atomic E-state index is 12.9. The van der Waals surface area contributed by atoms with Crippen LogP contribution in [0.1, 0.15) is 22.6 Å². The van der Waals surface area contributed by atoms with Crippen LogP contribution in [-0.2, 0) is 0 Å². The third kappa shape index (κ3) is 2.74. The number of methoxy groups -OCH3 is 1. The predicted octanol–water partition coefficient (Wildman–Crippen LogP) is 4.09. The van der Waals surface area contributed by atoms with Crippen molar-refractivity contribution in [2.75, 3.05) is 7.11 Å². The van der Waals surface area contributed by atoms with Crippen LogP contribution in [0.5, 0.6) is 11.5 Å². The number of hydrogen-bond acceptors (Lipinski definition) is 6. The summed E-state index contributed by atoms with van der Waals surface area (Å²) in [6.07, 6.45) is 0. The Morgan fingerprint density at radius 2 is 2.04 bits per heavy atom. The van der Waals surface area contributed by atoms with E-state index in [4.69, 9.17) is 19.6 Å². The van der Waals surface area contributed by atoms with Crippen molar-refractivity contribution in [2.24, 2.45) is 5.73 Å². The summed E-state index contributed by atoms with van der Waals surface area (Å²) in [6, 6.07) is 12.8. The molecule has 1 atom stereocenters. The number of allylic oxidation sites excluding steroid dienone is 1. The Morgan fingerprint density at radius 1 is 1.25 bits per heavy atom. The fraction of sp³-hybridized carbons (Fsp3) is 0.143. The van der Waals surface area contributed by atoms with Crippen molar-refractivity contribution in [1.29, 1.82) is 5.26 Å². The van der Waals surface area contributed by atoms with E-state index < -0.39 is 11.5 Å². The zero-order valence-electron chi connectivity index (χ0n) is 15.1. The summed E-state index contributed by atoms with van der Waals surface area (Å²) in [7, 11) is 1.56. The summed E-state index contributed by atoms with van der Waals surface area (Å²) in [5, 5.41) is 10.3. The van der Waals surface area contributed by atoms with Crippen LogP contribution >= 0.6 is 15.9 Å². The van der Waals surface area contributed by atoms with Gasteiger partial charge in [0.25, 0.3) is 0 Å². The highest BCUT2D eigenvalue weighted by molar-refractivity contribution is 9.10. The van der Waals surface area contributed by atoms with Crippen LogP contribution in [0.2, 0.25) is 0 Å². The summed E-state index contributed by atoms with van der Waals surface area (Å²) in [5.74, 6) is 0.216. The number of aryl methyl sites for hydroxylation is 1. The molecule has 0 spiro atoms. The van der Waals surface area contributed by atoms with Crippen LogP contribution in [0, 0.1) is 18.3 Å². The molecule has 2 heterocycles. The van der Waals surface area contributed by atoms with Gasteiger partial charge in [0.05, 0.1) is 28.5 Å². The van der Waals surface area contributed by atoms with E-state index in [2.05, 4.69) is 22.0 Å². The molecule has 140 valence electrons. The maximum Gasteiger partial charge on any atom is 0.344 e. The first-order chi connectivity index (χ1) is 13.4. The van der Waals surface area contributed by atoms with E-state index in [0.29, 0.717) is 32.5 Å². The van der Waals surface area contributed by atoms with Gasteiger partial charge in [-0.05, 0) is 52.7 Å². The Bertz CT molecular complexity index is 1250. The van der Waals surface area contributed by atoms with Gasteiger partial charge in [-0.25, -0.2) is 4.79 Å². The molecule has 1 aliphatic heterocycles. The Labute approximate surface area is 168 Å². The summed E-state index contributed by atoms with van der Waals surface area (Å²) in [4.78, 5) is 12.9. The summed E-state index contributed by atoms with van der Waals surface area (Å²) in [6.45, 7) is 1.93. The highest BCUT2D eigenvalue weighted by Crippen LogP contribution is 2.44. The van der Waals surface area contributed by atoms with E-state index in [9.17, 15) is 10.1 Å². The minimum atomic E-state index is -0.711. The van der Waals surface area contributed by atoms with Gasteiger partial charge >= 0.3 is 5.63 Å². The molecule has 4 rings (SSSR count). The van der Waals surface area contributed by atoms with Crippen LogP contribution in [-0.4, -0.2) is 7.11 Å². The molecule has 2 aromatic carbocycles. The highest BCUT2D eigenvalue weighted by atomic mass is 79.9. The van der Waals surface area contributed by atoms with Gasteiger partial charge in [0.1, 0.15) is 23.0 Å². The van der Waals surface area contributed by atoms with E-state index in [0.717, 1.165) is 5.56 Å². The molecular weight excluding hydrogens is 424 g/mol. The molecule has 3 aromatic rings. The van der Waals surface area contributed by atoms with Crippen molar-refractivity contribution in [3.63, 3.8) is 0 Å². The summed E-state index contributed by atoms with van der Waals surface area (Å²) < 4.78 is 17.2.